The molecule has 0 aliphatic heterocycles. The molecule has 1 heterocycles. The van der Waals surface area contributed by atoms with Gasteiger partial charge in [-0.1, -0.05) is 34.9 Å². The van der Waals surface area contributed by atoms with Gasteiger partial charge in [-0.05, 0) is 23.5 Å². The molecule has 0 aliphatic carbocycles. The molecule has 0 spiro atoms. The van der Waals surface area contributed by atoms with E-state index in [1.165, 1.54) is 23.5 Å². The van der Waals surface area contributed by atoms with E-state index in [1.54, 1.807) is 34.9 Å². The van der Waals surface area contributed by atoms with Gasteiger partial charge in [0.1, 0.15) is 0 Å². The molecule has 0 amide bonds. The quantitative estimate of drug-likeness (QED) is 0.139. The maximum Gasteiger partial charge on any atom is 0.299 e. The van der Waals surface area contributed by atoms with Gasteiger partial charge in [-0.2, -0.15) is 0 Å². The highest BCUT2D eigenvalue weighted by Crippen LogP contribution is 2.29. The second-order valence-electron chi connectivity index (χ2n) is 3.03. The summed E-state index contributed by atoms with van der Waals surface area (Å²) in [5.74, 6) is 3.57. The van der Waals surface area contributed by atoms with E-state index in [2.05, 4.69) is 10.2 Å². The molecule has 1 aromatic heterocycles. The lowest BCUT2D eigenvalue weighted by molar-refractivity contribution is -0.110. The van der Waals surface area contributed by atoms with Crippen molar-refractivity contribution in [3.63, 3.8) is 0 Å². The van der Waals surface area contributed by atoms with Gasteiger partial charge in [-0.15, -0.1) is 10.2 Å². The van der Waals surface area contributed by atoms with Crippen LogP contribution in [0.2, 0.25) is 0 Å². The highest BCUT2D eigenvalue weighted by Gasteiger charge is 2.06. The number of aromatic nitrogens is 2. The highest BCUT2D eigenvalue weighted by molar-refractivity contribution is 8.14. The molecule has 0 bridgehead atoms. The van der Waals surface area contributed by atoms with Crippen molar-refractivity contribution in [3.8, 4) is 0 Å². The summed E-state index contributed by atoms with van der Waals surface area (Å²) in [6, 6.07) is 0. The van der Waals surface area contributed by atoms with Crippen LogP contribution in [0.1, 0.15) is 0 Å². The van der Waals surface area contributed by atoms with Crippen molar-refractivity contribution in [3.05, 3.63) is 0 Å². The SMILES string of the molecule is NC(=[NH2+])SCCSc1nnc(SCCSC(N)=[NH2+])s1.[Cl-].[Cl-]. The predicted molar refractivity (Wildman–Crippen MR) is 88.5 cm³/mol. The van der Waals surface area contributed by atoms with Gasteiger partial charge in [-0.25, -0.2) is 0 Å². The van der Waals surface area contributed by atoms with Gasteiger partial charge < -0.3 is 24.8 Å². The summed E-state index contributed by atoms with van der Waals surface area (Å²) in [6.45, 7) is 0. The maximum absolute atomic E-state index is 5.36. The van der Waals surface area contributed by atoms with E-state index in [-0.39, 0.29) is 24.8 Å². The summed E-state index contributed by atoms with van der Waals surface area (Å²) in [5.41, 5.74) is 10.7. The largest absolute Gasteiger partial charge is 1.00 e. The van der Waals surface area contributed by atoms with E-state index < -0.39 is 0 Å². The summed E-state index contributed by atoms with van der Waals surface area (Å²) in [7, 11) is 0. The molecule has 0 fully saturated rings. The lowest BCUT2D eigenvalue weighted by atomic mass is 11.0. The molecule has 1 rings (SSSR count). The molecule has 8 N–H and O–H groups in total. The van der Waals surface area contributed by atoms with Gasteiger partial charge in [-0.3, -0.25) is 22.3 Å². The first-order valence-corrected chi connectivity index (χ1v) is 9.94. The molecule has 122 valence electrons. The molecule has 0 aromatic carbocycles. The first-order valence-electron chi connectivity index (χ1n) is 5.18. The molecule has 13 heteroatoms. The molecule has 21 heavy (non-hydrogen) atoms. The van der Waals surface area contributed by atoms with Crippen LogP contribution in [-0.2, 0) is 0 Å². The first kappa shape index (κ1) is 23.7. The Bertz CT molecular complexity index is 395. The van der Waals surface area contributed by atoms with Gasteiger partial charge in [0.15, 0.2) is 8.68 Å². The summed E-state index contributed by atoms with van der Waals surface area (Å²) < 4.78 is 1.94. The average Bonchev–Trinajstić information content (AvgIpc) is 2.78. The van der Waals surface area contributed by atoms with Crippen LogP contribution in [-0.4, -0.2) is 43.5 Å². The Morgan fingerprint density at radius 3 is 1.57 bits per heavy atom. The Labute approximate surface area is 157 Å². The summed E-state index contributed by atoms with van der Waals surface area (Å²) in [4.78, 5) is 0. The fraction of sp³-hybridized carbons (Fsp3) is 0.500. The molecule has 0 aliphatic rings. The fourth-order valence-electron chi connectivity index (χ4n) is 0.891. The number of nitrogens with two attached hydrogens (primary N) is 4. The third-order valence-electron chi connectivity index (χ3n) is 1.54. The molecule has 0 radical (unpaired) electrons. The minimum Gasteiger partial charge on any atom is -1.00 e. The fourth-order valence-corrected chi connectivity index (χ4v) is 5.16. The Balaban J connectivity index is 0. The van der Waals surface area contributed by atoms with E-state index in [0.717, 1.165) is 31.7 Å². The average molecular weight is 427 g/mol. The number of hydrogen-bond acceptors (Lipinski definition) is 7. The number of rotatable bonds is 8. The molecule has 1 aromatic rings. The topological polar surface area (TPSA) is 129 Å². The van der Waals surface area contributed by atoms with E-state index in [1.807, 2.05) is 0 Å². The summed E-state index contributed by atoms with van der Waals surface area (Å²) in [6.07, 6.45) is 0. The van der Waals surface area contributed by atoms with Crippen molar-refractivity contribution in [2.45, 2.75) is 8.68 Å². The van der Waals surface area contributed by atoms with Crippen molar-refractivity contribution in [2.24, 2.45) is 11.5 Å². The van der Waals surface area contributed by atoms with Gasteiger partial charge in [0.05, 0.1) is 0 Å². The Kier molecular flexibility index (Phi) is 15.9. The molecule has 6 nitrogen and oxygen atoms in total. The van der Waals surface area contributed by atoms with Crippen molar-refractivity contribution in [1.29, 1.82) is 0 Å². The van der Waals surface area contributed by atoms with Crippen LogP contribution in [0.3, 0.4) is 0 Å². The van der Waals surface area contributed by atoms with E-state index in [9.17, 15) is 0 Å². The van der Waals surface area contributed by atoms with Gasteiger partial charge in [0.2, 0.25) is 0 Å². The monoisotopic (exact) mass is 426 g/mol. The Morgan fingerprint density at radius 1 is 0.857 bits per heavy atom. The van der Waals surface area contributed by atoms with Crippen LogP contribution in [0.15, 0.2) is 8.68 Å². The maximum atomic E-state index is 5.36. The van der Waals surface area contributed by atoms with Crippen molar-refractivity contribution < 1.29 is 35.6 Å². The summed E-state index contributed by atoms with van der Waals surface area (Å²) in [5, 5.41) is 19.8. The van der Waals surface area contributed by atoms with Crippen LogP contribution >= 0.6 is 58.4 Å². The van der Waals surface area contributed by atoms with Crippen LogP contribution in [0.4, 0.5) is 0 Å². The van der Waals surface area contributed by atoms with E-state index in [0.29, 0.717) is 10.3 Å². The van der Waals surface area contributed by atoms with Crippen molar-refractivity contribution in [1.82, 2.24) is 10.2 Å². The second-order valence-corrected chi connectivity index (χ2v) is 9.03. The zero-order valence-corrected chi connectivity index (χ0v) is 16.4. The van der Waals surface area contributed by atoms with E-state index in [4.69, 9.17) is 22.3 Å². The standard InChI is InChI=1S/C8H14N6S5.2ClH/c9-5(10)15-1-3-17-7-13-14-8(19-7)18-4-2-16-6(11)12;;/h1-4H2,(H3,9,10)(H3,11,12);2*1H. The van der Waals surface area contributed by atoms with Gasteiger partial charge in [0, 0.05) is 23.0 Å². The number of halogens is 2. The normalized spacial score (nSPS) is 9.52. The smallest absolute Gasteiger partial charge is 0.299 e. The Morgan fingerprint density at radius 2 is 1.24 bits per heavy atom. The van der Waals surface area contributed by atoms with Gasteiger partial charge >= 0.3 is 0 Å². The van der Waals surface area contributed by atoms with Crippen LogP contribution in [0.5, 0.6) is 0 Å². The number of hydrogen-bond donors (Lipinski definition) is 4. The number of amidine groups is 2. The number of nitrogens with zero attached hydrogens (tertiary/aromatic N) is 2. The first-order chi connectivity index (χ1) is 9.08. The van der Waals surface area contributed by atoms with Gasteiger partial charge in [0.25, 0.3) is 10.3 Å². The van der Waals surface area contributed by atoms with Crippen LogP contribution < -0.4 is 47.1 Å². The molecule has 0 atom stereocenters. The molecule has 0 saturated heterocycles. The minimum atomic E-state index is 0. The van der Waals surface area contributed by atoms with Crippen LogP contribution in [0, 0.1) is 0 Å². The van der Waals surface area contributed by atoms with Crippen molar-refractivity contribution in [2.75, 3.05) is 23.0 Å². The third-order valence-corrected chi connectivity index (χ3v) is 6.74. The number of thioether (sulfide) groups is 4. The molecule has 0 unspecified atom stereocenters. The zero-order valence-electron chi connectivity index (χ0n) is 10.8. The lowest BCUT2D eigenvalue weighted by Crippen LogP contribution is -3.00. The third kappa shape index (κ3) is 12.7. The molecule has 0 saturated carbocycles. The lowest BCUT2D eigenvalue weighted by Gasteiger charge is -1.94. The minimum absolute atomic E-state index is 0. The summed E-state index contributed by atoms with van der Waals surface area (Å²) >= 11 is 7.83. The van der Waals surface area contributed by atoms with E-state index >= 15 is 0 Å². The Hall–Kier alpha value is 0.480. The zero-order chi connectivity index (χ0) is 14.1. The predicted octanol–water partition coefficient (Wildman–Crippen LogP) is -7.66. The second kappa shape index (κ2) is 14.1. The molecular weight excluding hydrogens is 411 g/mol. The highest BCUT2D eigenvalue weighted by atomic mass is 35.5. The van der Waals surface area contributed by atoms with Crippen molar-refractivity contribution >= 4 is 68.7 Å². The van der Waals surface area contributed by atoms with Crippen LogP contribution in [0.25, 0.3) is 0 Å². The molecular formula is C8H16Cl2N6S5.